The lowest BCUT2D eigenvalue weighted by Gasteiger charge is -2.24. The second kappa shape index (κ2) is 7.55. The van der Waals surface area contributed by atoms with Gasteiger partial charge in [0.05, 0.1) is 6.54 Å². The highest BCUT2D eigenvalue weighted by Crippen LogP contribution is 2.34. The van der Waals surface area contributed by atoms with Crippen LogP contribution in [-0.4, -0.2) is 27.3 Å². The Bertz CT molecular complexity index is 1160. The third kappa shape index (κ3) is 3.48. The largest absolute Gasteiger partial charge is 0.474 e. The van der Waals surface area contributed by atoms with E-state index in [9.17, 15) is 4.39 Å². The quantitative estimate of drug-likeness (QED) is 0.499. The van der Waals surface area contributed by atoms with Gasteiger partial charge in [0.15, 0.2) is 0 Å². The summed E-state index contributed by atoms with van der Waals surface area (Å²) in [5.41, 5.74) is 3.37. The summed E-state index contributed by atoms with van der Waals surface area (Å²) in [7, 11) is 0. The zero-order chi connectivity index (χ0) is 20.4. The molecule has 0 spiro atoms. The summed E-state index contributed by atoms with van der Waals surface area (Å²) in [5, 5.41) is 4.25. The van der Waals surface area contributed by atoms with E-state index < -0.39 is 5.54 Å². The van der Waals surface area contributed by atoms with Crippen LogP contribution in [0.15, 0.2) is 96.5 Å². The Hall–Kier alpha value is -3.80. The van der Waals surface area contributed by atoms with E-state index in [1.807, 2.05) is 42.5 Å². The second-order valence-electron chi connectivity index (χ2n) is 7.28. The Balaban J connectivity index is 1.47. The molecule has 148 valence electrons. The molecule has 1 aliphatic rings. The maximum atomic E-state index is 13.2. The molecule has 0 radical (unpaired) electrons. The Labute approximate surface area is 173 Å². The van der Waals surface area contributed by atoms with E-state index in [1.54, 1.807) is 23.1 Å². The van der Waals surface area contributed by atoms with E-state index in [-0.39, 0.29) is 5.82 Å². The molecule has 0 amide bonds. The van der Waals surface area contributed by atoms with Gasteiger partial charge in [-0.3, -0.25) is 4.68 Å². The number of hydrogen-bond donors (Lipinski definition) is 0. The molecule has 3 aromatic carbocycles. The second-order valence-corrected chi connectivity index (χ2v) is 7.28. The SMILES string of the molecule is Fc1ccc(-c2ccc(C3=NC(Cn4cncn4)(c4ccccc4)CO3)cc2)cc1. The number of aromatic nitrogens is 3. The zero-order valence-electron chi connectivity index (χ0n) is 16.1. The first-order valence-corrected chi connectivity index (χ1v) is 9.69. The summed E-state index contributed by atoms with van der Waals surface area (Å²) in [6.07, 6.45) is 3.21. The van der Waals surface area contributed by atoms with Crippen molar-refractivity contribution in [1.82, 2.24) is 14.8 Å². The third-order valence-corrected chi connectivity index (χ3v) is 5.27. The first kappa shape index (κ1) is 18.2. The lowest BCUT2D eigenvalue weighted by Crippen LogP contribution is -2.31. The Morgan fingerprint density at radius 2 is 1.53 bits per heavy atom. The van der Waals surface area contributed by atoms with Crippen LogP contribution in [0.4, 0.5) is 4.39 Å². The monoisotopic (exact) mass is 398 g/mol. The summed E-state index contributed by atoms with van der Waals surface area (Å²) in [4.78, 5) is 9.05. The van der Waals surface area contributed by atoms with Crippen molar-refractivity contribution in [2.45, 2.75) is 12.1 Å². The predicted octanol–water partition coefficient (Wildman–Crippen LogP) is 4.46. The van der Waals surface area contributed by atoms with Crippen molar-refractivity contribution in [3.63, 3.8) is 0 Å². The highest BCUT2D eigenvalue weighted by molar-refractivity contribution is 5.96. The summed E-state index contributed by atoms with van der Waals surface area (Å²) in [5.74, 6) is 0.360. The average Bonchev–Trinajstić information content (AvgIpc) is 3.46. The van der Waals surface area contributed by atoms with Gasteiger partial charge in [0, 0.05) is 5.56 Å². The molecule has 1 atom stereocenters. The number of aliphatic imine (C=N–C) groups is 1. The normalized spacial score (nSPS) is 18.1. The van der Waals surface area contributed by atoms with E-state index in [0.717, 1.165) is 22.3 Å². The van der Waals surface area contributed by atoms with Crippen molar-refractivity contribution >= 4 is 5.90 Å². The van der Waals surface area contributed by atoms with E-state index in [0.29, 0.717) is 19.0 Å². The molecular weight excluding hydrogens is 379 g/mol. The van der Waals surface area contributed by atoms with Gasteiger partial charge in [-0.2, -0.15) is 5.10 Å². The van der Waals surface area contributed by atoms with Crippen molar-refractivity contribution in [3.8, 4) is 11.1 Å². The molecule has 0 N–H and O–H groups in total. The number of hydrogen-bond acceptors (Lipinski definition) is 4. The first-order valence-electron chi connectivity index (χ1n) is 9.69. The highest BCUT2D eigenvalue weighted by atomic mass is 19.1. The molecule has 2 heterocycles. The van der Waals surface area contributed by atoms with Gasteiger partial charge in [-0.15, -0.1) is 0 Å². The van der Waals surface area contributed by atoms with Gasteiger partial charge in [-0.1, -0.05) is 54.6 Å². The molecule has 5 rings (SSSR count). The minimum absolute atomic E-state index is 0.242. The molecule has 0 bridgehead atoms. The van der Waals surface area contributed by atoms with Crippen LogP contribution < -0.4 is 0 Å². The van der Waals surface area contributed by atoms with E-state index in [4.69, 9.17) is 9.73 Å². The van der Waals surface area contributed by atoms with Crippen LogP contribution in [0.3, 0.4) is 0 Å². The van der Waals surface area contributed by atoms with Crippen molar-refractivity contribution in [2.24, 2.45) is 4.99 Å². The van der Waals surface area contributed by atoms with Crippen LogP contribution in [0, 0.1) is 5.82 Å². The molecule has 6 heteroatoms. The van der Waals surface area contributed by atoms with Gasteiger partial charge >= 0.3 is 0 Å². The third-order valence-electron chi connectivity index (χ3n) is 5.27. The summed E-state index contributed by atoms with van der Waals surface area (Å²) in [6, 6.07) is 24.5. The summed E-state index contributed by atoms with van der Waals surface area (Å²) >= 11 is 0. The van der Waals surface area contributed by atoms with Crippen molar-refractivity contribution in [2.75, 3.05) is 6.61 Å². The van der Waals surface area contributed by atoms with Crippen LogP contribution in [0.25, 0.3) is 11.1 Å². The molecule has 1 aromatic heterocycles. The highest BCUT2D eigenvalue weighted by Gasteiger charge is 2.39. The predicted molar refractivity (Wildman–Crippen MR) is 112 cm³/mol. The molecule has 4 aromatic rings. The standard InChI is InChI=1S/C24H19FN4O/c25-22-12-10-19(11-13-22)18-6-8-20(9-7-18)23-28-24(15-30-23,14-29-17-26-16-27-29)21-4-2-1-3-5-21/h1-13,16-17H,14-15H2. The van der Waals surface area contributed by atoms with E-state index >= 15 is 0 Å². The van der Waals surface area contributed by atoms with Gasteiger partial charge < -0.3 is 4.74 Å². The van der Waals surface area contributed by atoms with Crippen LogP contribution in [0.5, 0.6) is 0 Å². The maximum absolute atomic E-state index is 13.2. The van der Waals surface area contributed by atoms with E-state index in [1.165, 1.54) is 18.5 Å². The molecule has 1 unspecified atom stereocenters. The van der Waals surface area contributed by atoms with Crippen molar-refractivity contribution in [3.05, 3.63) is 108 Å². The van der Waals surface area contributed by atoms with Crippen LogP contribution in [0.2, 0.25) is 0 Å². The molecule has 0 aliphatic carbocycles. The zero-order valence-corrected chi connectivity index (χ0v) is 16.1. The van der Waals surface area contributed by atoms with Crippen molar-refractivity contribution in [1.29, 1.82) is 0 Å². The summed E-state index contributed by atoms with van der Waals surface area (Å²) in [6.45, 7) is 0.958. The topological polar surface area (TPSA) is 52.3 Å². The number of ether oxygens (including phenoxy) is 1. The molecule has 30 heavy (non-hydrogen) atoms. The van der Waals surface area contributed by atoms with Gasteiger partial charge in [0.1, 0.15) is 30.6 Å². The van der Waals surface area contributed by atoms with Gasteiger partial charge in [0.2, 0.25) is 5.90 Å². The van der Waals surface area contributed by atoms with Crippen LogP contribution in [-0.2, 0) is 16.8 Å². The lowest BCUT2D eigenvalue weighted by molar-refractivity contribution is 0.230. The number of nitrogens with zero attached hydrogens (tertiary/aromatic N) is 4. The van der Waals surface area contributed by atoms with Gasteiger partial charge in [0.25, 0.3) is 0 Å². The van der Waals surface area contributed by atoms with Crippen LogP contribution >= 0.6 is 0 Å². The molecule has 0 saturated carbocycles. The van der Waals surface area contributed by atoms with Crippen molar-refractivity contribution < 1.29 is 9.13 Å². The fourth-order valence-corrected chi connectivity index (χ4v) is 3.69. The Morgan fingerprint density at radius 1 is 0.867 bits per heavy atom. The average molecular weight is 398 g/mol. The Morgan fingerprint density at radius 3 is 2.20 bits per heavy atom. The summed E-state index contributed by atoms with van der Waals surface area (Å²) < 4.78 is 21.0. The molecule has 0 saturated heterocycles. The first-order chi connectivity index (χ1) is 14.7. The number of rotatable bonds is 5. The van der Waals surface area contributed by atoms with Gasteiger partial charge in [-0.05, 0) is 41.0 Å². The fourth-order valence-electron chi connectivity index (χ4n) is 3.69. The fraction of sp³-hybridized carbons (Fsp3) is 0.125. The maximum Gasteiger partial charge on any atom is 0.217 e. The van der Waals surface area contributed by atoms with Crippen LogP contribution in [0.1, 0.15) is 11.1 Å². The molecule has 0 fully saturated rings. The minimum Gasteiger partial charge on any atom is -0.474 e. The molecule has 5 nitrogen and oxygen atoms in total. The van der Waals surface area contributed by atoms with E-state index in [2.05, 4.69) is 22.2 Å². The molecular formula is C24H19FN4O. The number of halogens is 1. The minimum atomic E-state index is -0.570. The molecule has 1 aliphatic heterocycles. The van der Waals surface area contributed by atoms with Gasteiger partial charge in [-0.25, -0.2) is 14.4 Å². The number of benzene rings is 3. The lowest BCUT2D eigenvalue weighted by atomic mass is 9.91. The smallest absolute Gasteiger partial charge is 0.217 e. The Kier molecular flexibility index (Phi) is 4.59.